The molecule has 2 N–H and O–H groups in total. The van der Waals surface area contributed by atoms with Gasteiger partial charge in [-0.3, -0.25) is 5.32 Å². The summed E-state index contributed by atoms with van der Waals surface area (Å²) in [6.07, 6.45) is 0. The topological polar surface area (TPSA) is 72.5 Å². The van der Waals surface area contributed by atoms with Gasteiger partial charge in [-0.2, -0.15) is 0 Å². The highest BCUT2D eigenvalue weighted by Crippen LogP contribution is 2.32. The molecule has 25 heavy (non-hydrogen) atoms. The maximum atomic E-state index is 12.2. The Morgan fingerprint density at radius 3 is 2.64 bits per heavy atom. The molecule has 4 rings (SSSR count). The third-order valence-corrected chi connectivity index (χ3v) is 4.35. The van der Waals surface area contributed by atoms with E-state index in [1.807, 2.05) is 35.7 Å². The quantitative estimate of drug-likeness (QED) is 0.739. The maximum Gasteiger partial charge on any atom is 0.325 e. The smallest absolute Gasteiger partial charge is 0.325 e. The molecule has 0 aliphatic carbocycles. The Labute approximate surface area is 148 Å². The molecule has 7 heteroatoms. The number of fused-ring (bicyclic) bond motifs is 1. The molecular formula is C18H15N3O3S. The zero-order chi connectivity index (χ0) is 17.1. The standard InChI is InChI=1S/C18H15N3O3S/c22-17(19-13-6-7-15-16(10-13)24-9-8-23-15)21-18-20-14(11-25-18)12-4-2-1-3-5-12/h1-7,10-11H,8-9H2,(H2,19,20,21,22). The molecule has 3 aromatic rings. The number of carbonyl (C=O) groups is 1. The van der Waals surface area contributed by atoms with Crippen molar-refractivity contribution in [1.29, 1.82) is 0 Å². The van der Waals surface area contributed by atoms with Gasteiger partial charge in [0.05, 0.1) is 5.69 Å². The van der Waals surface area contributed by atoms with Crippen molar-refractivity contribution in [2.75, 3.05) is 23.8 Å². The van der Waals surface area contributed by atoms with Crippen LogP contribution in [0, 0.1) is 0 Å². The van der Waals surface area contributed by atoms with E-state index in [1.165, 1.54) is 11.3 Å². The summed E-state index contributed by atoms with van der Waals surface area (Å²) in [4.78, 5) is 16.6. The number of thiazole rings is 1. The van der Waals surface area contributed by atoms with Crippen molar-refractivity contribution >= 4 is 28.2 Å². The highest BCUT2D eigenvalue weighted by molar-refractivity contribution is 7.14. The average Bonchev–Trinajstić information content (AvgIpc) is 3.10. The molecule has 0 fully saturated rings. The Bertz CT molecular complexity index is 896. The van der Waals surface area contributed by atoms with Crippen molar-refractivity contribution in [2.45, 2.75) is 0 Å². The fourth-order valence-electron chi connectivity index (χ4n) is 2.45. The van der Waals surface area contributed by atoms with Crippen LogP contribution in [0.4, 0.5) is 15.6 Å². The van der Waals surface area contributed by atoms with Gasteiger partial charge in [0.25, 0.3) is 0 Å². The van der Waals surface area contributed by atoms with Crippen molar-refractivity contribution in [3.05, 3.63) is 53.9 Å². The molecule has 0 saturated carbocycles. The second-order valence-electron chi connectivity index (χ2n) is 5.34. The highest BCUT2D eigenvalue weighted by Gasteiger charge is 2.13. The first-order valence-electron chi connectivity index (χ1n) is 7.76. The molecule has 1 aromatic heterocycles. The Hall–Kier alpha value is -3.06. The van der Waals surface area contributed by atoms with E-state index >= 15 is 0 Å². The number of carbonyl (C=O) groups excluding carboxylic acids is 1. The molecule has 1 aliphatic rings. The largest absolute Gasteiger partial charge is 0.486 e. The van der Waals surface area contributed by atoms with E-state index in [9.17, 15) is 4.79 Å². The van der Waals surface area contributed by atoms with Crippen LogP contribution in [0.1, 0.15) is 0 Å². The lowest BCUT2D eigenvalue weighted by atomic mass is 10.2. The summed E-state index contributed by atoms with van der Waals surface area (Å²) in [7, 11) is 0. The van der Waals surface area contributed by atoms with E-state index in [2.05, 4.69) is 15.6 Å². The van der Waals surface area contributed by atoms with Crippen molar-refractivity contribution in [1.82, 2.24) is 4.98 Å². The van der Waals surface area contributed by atoms with Crippen LogP contribution in [0.25, 0.3) is 11.3 Å². The second kappa shape index (κ2) is 6.82. The van der Waals surface area contributed by atoms with Gasteiger partial charge >= 0.3 is 6.03 Å². The summed E-state index contributed by atoms with van der Waals surface area (Å²) < 4.78 is 11.0. The third-order valence-electron chi connectivity index (χ3n) is 3.59. The molecule has 126 valence electrons. The van der Waals surface area contributed by atoms with Gasteiger partial charge in [0.2, 0.25) is 0 Å². The van der Waals surface area contributed by atoms with E-state index in [4.69, 9.17) is 9.47 Å². The number of nitrogens with zero attached hydrogens (tertiary/aromatic N) is 1. The molecule has 0 atom stereocenters. The Morgan fingerprint density at radius 2 is 1.80 bits per heavy atom. The molecule has 2 heterocycles. The van der Waals surface area contributed by atoms with Gasteiger partial charge in [0, 0.05) is 22.7 Å². The number of aromatic nitrogens is 1. The number of ether oxygens (including phenoxy) is 2. The van der Waals surface area contributed by atoms with Gasteiger partial charge in [-0.1, -0.05) is 30.3 Å². The number of benzene rings is 2. The van der Waals surface area contributed by atoms with Gasteiger partial charge in [0.1, 0.15) is 13.2 Å². The summed E-state index contributed by atoms with van der Waals surface area (Å²) in [6, 6.07) is 14.8. The number of amides is 2. The van der Waals surface area contributed by atoms with Crippen molar-refractivity contribution in [2.24, 2.45) is 0 Å². The Balaban J connectivity index is 1.42. The second-order valence-corrected chi connectivity index (χ2v) is 6.20. The lowest BCUT2D eigenvalue weighted by molar-refractivity contribution is 0.171. The number of anilines is 2. The van der Waals surface area contributed by atoms with Crippen LogP contribution in [-0.2, 0) is 0 Å². The predicted molar refractivity (Wildman–Crippen MR) is 97.6 cm³/mol. The third kappa shape index (κ3) is 3.56. The fourth-order valence-corrected chi connectivity index (χ4v) is 3.17. The number of hydrogen-bond acceptors (Lipinski definition) is 5. The van der Waals surface area contributed by atoms with Crippen LogP contribution < -0.4 is 20.1 Å². The van der Waals surface area contributed by atoms with Crippen LogP contribution >= 0.6 is 11.3 Å². The van der Waals surface area contributed by atoms with Gasteiger partial charge < -0.3 is 14.8 Å². The SMILES string of the molecule is O=C(Nc1ccc2c(c1)OCCO2)Nc1nc(-c2ccccc2)cs1. The van der Waals surface area contributed by atoms with Gasteiger partial charge in [0.15, 0.2) is 16.6 Å². The van der Waals surface area contributed by atoms with Gasteiger partial charge in [-0.25, -0.2) is 9.78 Å². The monoisotopic (exact) mass is 353 g/mol. The highest BCUT2D eigenvalue weighted by atomic mass is 32.1. The zero-order valence-electron chi connectivity index (χ0n) is 13.2. The molecule has 1 aliphatic heterocycles. The van der Waals surface area contributed by atoms with Crippen LogP contribution in [0.3, 0.4) is 0 Å². The van der Waals surface area contributed by atoms with E-state index < -0.39 is 0 Å². The number of urea groups is 1. The first-order chi connectivity index (χ1) is 12.3. The Kier molecular flexibility index (Phi) is 4.22. The zero-order valence-corrected chi connectivity index (χ0v) is 14.0. The maximum absolute atomic E-state index is 12.2. The first-order valence-corrected chi connectivity index (χ1v) is 8.64. The number of hydrogen-bond donors (Lipinski definition) is 2. The van der Waals surface area contributed by atoms with Crippen molar-refractivity contribution in [3.8, 4) is 22.8 Å². The molecule has 0 saturated heterocycles. The lowest BCUT2D eigenvalue weighted by Gasteiger charge is -2.18. The first kappa shape index (κ1) is 15.5. The number of rotatable bonds is 3. The summed E-state index contributed by atoms with van der Waals surface area (Å²) in [5, 5.41) is 7.96. The predicted octanol–water partition coefficient (Wildman–Crippen LogP) is 4.23. The van der Waals surface area contributed by atoms with Crippen molar-refractivity contribution < 1.29 is 14.3 Å². The molecule has 0 unspecified atom stereocenters. The van der Waals surface area contributed by atoms with E-state index in [-0.39, 0.29) is 6.03 Å². The van der Waals surface area contributed by atoms with Gasteiger partial charge in [-0.05, 0) is 12.1 Å². The molecule has 6 nitrogen and oxygen atoms in total. The normalized spacial score (nSPS) is 12.5. The Morgan fingerprint density at radius 1 is 1.00 bits per heavy atom. The van der Waals surface area contributed by atoms with Crippen LogP contribution in [-0.4, -0.2) is 24.2 Å². The van der Waals surface area contributed by atoms with Crippen molar-refractivity contribution in [3.63, 3.8) is 0 Å². The molecule has 2 aromatic carbocycles. The molecule has 2 amide bonds. The fraction of sp³-hybridized carbons (Fsp3) is 0.111. The summed E-state index contributed by atoms with van der Waals surface area (Å²) >= 11 is 1.38. The summed E-state index contributed by atoms with van der Waals surface area (Å²) in [5.41, 5.74) is 2.47. The van der Waals surface area contributed by atoms with Crippen LogP contribution in [0.15, 0.2) is 53.9 Å². The van der Waals surface area contributed by atoms with E-state index in [0.717, 1.165) is 11.3 Å². The molecular weight excluding hydrogens is 338 g/mol. The van der Waals surface area contributed by atoms with E-state index in [0.29, 0.717) is 35.5 Å². The minimum atomic E-state index is -0.356. The average molecular weight is 353 g/mol. The summed E-state index contributed by atoms with van der Waals surface area (Å²) in [6.45, 7) is 1.04. The minimum Gasteiger partial charge on any atom is -0.486 e. The summed E-state index contributed by atoms with van der Waals surface area (Å²) in [5.74, 6) is 1.31. The van der Waals surface area contributed by atoms with Crippen LogP contribution in [0.2, 0.25) is 0 Å². The van der Waals surface area contributed by atoms with E-state index in [1.54, 1.807) is 18.2 Å². The molecule has 0 spiro atoms. The van der Waals surface area contributed by atoms with Gasteiger partial charge in [-0.15, -0.1) is 11.3 Å². The number of nitrogens with one attached hydrogen (secondary N) is 2. The molecule has 0 radical (unpaired) electrons. The lowest BCUT2D eigenvalue weighted by Crippen LogP contribution is -2.20. The minimum absolute atomic E-state index is 0.356. The van der Waals surface area contributed by atoms with Crippen LogP contribution in [0.5, 0.6) is 11.5 Å². The molecule has 0 bridgehead atoms.